The van der Waals surface area contributed by atoms with Gasteiger partial charge >= 0.3 is 0 Å². The van der Waals surface area contributed by atoms with Crippen molar-refractivity contribution >= 4 is 43.1 Å². The molecule has 0 nitrogen and oxygen atoms in total. The van der Waals surface area contributed by atoms with Crippen molar-refractivity contribution in [2.75, 3.05) is 0 Å². The predicted octanol–water partition coefficient (Wildman–Crippen LogP) is 17.6. The molecule has 0 unspecified atom stereocenters. The molecule has 0 heteroatoms. The lowest BCUT2D eigenvalue weighted by Crippen LogP contribution is -2.00. The molecule has 0 heterocycles. The van der Waals surface area contributed by atoms with Crippen LogP contribution in [0.1, 0.15) is 153 Å². The Morgan fingerprint density at radius 1 is 0.268 bits per heavy atom. The van der Waals surface area contributed by atoms with Crippen LogP contribution < -0.4 is 0 Å². The third kappa shape index (κ3) is 8.56. The summed E-state index contributed by atoms with van der Waals surface area (Å²) in [6.07, 6.45) is 25.4. The molecule has 0 amide bonds. The maximum Gasteiger partial charge on any atom is -0.00201 e. The molecule has 56 heavy (non-hydrogen) atoms. The Labute approximate surface area is 339 Å². The van der Waals surface area contributed by atoms with Crippen LogP contribution in [0, 0.1) is 0 Å². The van der Waals surface area contributed by atoms with E-state index in [4.69, 9.17) is 0 Å². The van der Waals surface area contributed by atoms with Crippen LogP contribution >= 0.6 is 0 Å². The first-order valence-electron chi connectivity index (χ1n) is 23.0. The van der Waals surface area contributed by atoms with Crippen LogP contribution in [0.4, 0.5) is 0 Å². The molecule has 0 aromatic heterocycles. The van der Waals surface area contributed by atoms with Crippen LogP contribution in [-0.4, -0.2) is 0 Å². The van der Waals surface area contributed by atoms with Gasteiger partial charge in [-0.25, -0.2) is 0 Å². The van der Waals surface area contributed by atoms with Gasteiger partial charge in [-0.2, -0.15) is 0 Å². The fourth-order valence-electron chi connectivity index (χ4n) is 9.95. The van der Waals surface area contributed by atoms with Crippen LogP contribution in [0.5, 0.6) is 0 Å². The predicted molar refractivity (Wildman–Crippen MR) is 250 cm³/mol. The second-order valence-corrected chi connectivity index (χ2v) is 16.9. The Morgan fingerprint density at radius 3 is 0.875 bits per heavy atom. The molecule has 0 saturated heterocycles. The largest absolute Gasteiger partial charge is 0.0654 e. The Morgan fingerprint density at radius 2 is 0.554 bits per heavy atom. The van der Waals surface area contributed by atoms with E-state index in [2.05, 4.69) is 125 Å². The fraction of sp³-hybridized carbons (Fsp3) is 0.429. The maximum atomic E-state index is 2.50. The second kappa shape index (κ2) is 19.8. The Hall–Kier alpha value is -4.16. The summed E-state index contributed by atoms with van der Waals surface area (Å²) in [5.41, 5.74) is 12.1. The molecule has 0 aliphatic heterocycles. The van der Waals surface area contributed by atoms with Crippen molar-refractivity contribution in [3.8, 4) is 22.3 Å². The van der Waals surface area contributed by atoms with Crippen LogP contribution in [0.15, 0.2) is 97.1 Å². The number of rotatable bonds is 22. The zero-order valence-electron chi connectivity index (χ0n) is 35.4. The van der Waals surface area contributed by atoms with Crippen LogP contribution in [0.2, 0.25) is 0 Å². The topological polar surface area (TPSA) is 0 Å². The summed E-state index contributed by atoms with van der Waals surface area (Å²) in [5.74, 6) is 0. The number of fused-ring (bicyclic) bond motifs is 2. The second-order valence-electron chi connectivity index (χ2n) is 16.9. The summed E-state index contributed by atoms with van der Waals surface area (Å²) >= 11 is 0. The molecule has 0 N–H and O–H groups in total. The normalized spacial score (nSPS) is 11.9. The van der Waals surface area contributed by atoms with E-state index in [-0.39, 0.29) is 0 Å². The van der Waals surface area contributed by atoms with Gasteiger partial charge in [0.1, 0.15) is 0 Å². The van der Waals surface area contributed by atoms with E-state index in [1.165, 1.54) is 190 Å². The molecule has 292 valence electrons. The summed E-state index contributed by atoms with van der Waals surface area (Å²) in [4.78, 5) is 0. The average molecular weight is 741 g/mol. The van der Waals surface area contributed by atoms with Crippen molar-refractivity contribution in [2.24, 2.45) is 0 Å². The van der Waals surface area contributed by atoms with Gasteiger partial charge in [0.15, 0.2) is 0 Å². The summed E-state index contributed by atoms with van der Waals surface area (Å²) in [6, 6.07) is 38.7. The van der Waals surface area contributed by atoms with Crippen LogP contribution in [0.3, 0.4) is 0 Å². The monoisotopic (exact) mass is 741 g/mol. The van der Waals surface area contributed by atoms with E-state index >= 15 is 0 Å². The highest BCUT2D eigenvalue weighted by atomic mass is 14.2. The van der Waals surface area contributed by atoms with E-state index in [0.29, 0.717) is 0 Å². The molecule has 0 aliphatic rings. The van der Waals surface area contributed by atoms with E-state index in [1.54, 1.807) is 0 Å². The first-order chi connectivity index (χ1) is 27.7. The molecule has 7 aromatic carbocycles. The smallest absolute Gasteiger partial charge is 0.00201 e. The van der Waals surface area contributed by atoms with Gasteiger partial charge in [0.25, 0.3) is 0 Å². The Balaban J connectivity index is 1.40. The Kier molecular flexibility index (Phi) is 14.2. The molecule has 0 aliphatic carbocycles. The lowest BCUT2D eigenvalue weighted by molar-refractivity contribution is 0.662. The number of hydrogen-bond donors (Lipinski definition) is 0. The molecule has 0 fully saturated rings. The molecule has 0 radical (unpaired) electrons. The van der Waals surface area contributed by atoms with Gasteiger partial charge < -0.3 is 0 Å². The highest BCUT2D eigenvalue weighted by Crippen LogP contribution is 2.47. The zero-order chi connectivity index (χ0) is 38.7. The van der Waals surface area contributed by atoms with Gasteiger partial charge in [0.2, 0.25) is 0 Å². The molecule has 0 atom stereocenters. The summed E-state index contributed by atoms with van der Waals surface area (Å²) in [6.45, 7) is 9.27. The molecular weight excluding hydrogens is 673 g/mol. The minimum atomic E-state index is 1.16. The van der Waals surface area contributed by atoms with Gasteiger partial charge in [-0.3, -0.25) is 0 Å². The van der Waals surface area contributed by atoms with Crippen molar-refractivity contribution < 1.29 is 0 Å². The van der Waals surface area contributed by atoms with Gasteiger partial charge in [0, 0.05) is 0 Å². The molecule has 0 saturated carbocycles. The summed E-state index contributed by atoms with van der Waals surface area (Å²) in [5, 5.41) is 11.3. The summed E-state index contributed by atoms with van der Waals surface area (Å²) < 4.78 is 0. The SMILES string of the molecule is CCCCCCc1cccc(CCCCCC)c1-c1ccc2c3ccc(-c4c(CCCCCC)cccc4CCCCCC)c4cccc(c5cccc1c52)c43. The standard InChI is InChI=1S/C56H68/c1-5-9-13-17-25-41-29-21-30-42(26-18-14-10-6-2)53(41)49-37-39-51-52-40-38-50(48-36-24-34-46(56(48)52)45-33-23-35-47(49)55(45)51)54-43(27-19-15-11-7-3)31-22-32-44(54)28-20-16-12-8-4/h21-24,29-40H,5-20,25-28H2,1-4H3. The minimum Gasteiger partial charge on any atom is -0.0654 e. The Bertz CT molecular complexity index is 2070. The molecule has 0 spiro atoms. The zero-order valence-corrected chi connectivity index (χ0v) is 35.4. The average Bonchev–Trinajstić information content (AvgIpc) is 3.23. The van der Waals surface area contributed by atoms with Crippen molar-refractivity contribution in [2.45, 2.75) is 156 Å². The van der Waals surface area contributed by atoms with Gasteiger partial charge in [-0.15, -0.1) is 0 Å². The highest BCUT2D eigenvalue weighted by molar-refractivity contribution is 6.35. The first-order valence-corrected chi connectivity index (χ1v) is 23.0. The fourth-order valence-corrected chi connectivity index (χ4v) is 9.95. The lowest BCUT2D eigenvalue weighted by atomic mass is 9.82. The minimum absolute atomic E-state index is 1.16. The molecule has 7 rings (SSSR count). The molecular formula is C56H68. The summed E-state index contributed by atoms with van der Waals surface area (Å²) in [7, 11) is 0. The quantitative estimate of drug-likeness (QED) is 0.0369. The van der Waals surface area contributed by atoms with Crippen molar-refractivity contribution in [3.05, 3.63) is 119 Å². The maximum absolute atomic E-state index is 2.50. The third-order valence-corrected chi connectivity index (χ3v) is 12.9. The van der Waals surface area contributed by atoms with E-state index in [1.807, 2.05) is 0 Å². The van der Waals surface area contributed by atoms with Crippen molar-refractivity contribution in [3.63, 3.8) is 0 Å². The first kappa shape index (κ1) is 40.1. The molecule has 0 bridgehead atoms. The molecule has 7 aromatic rings. The van der Waals surface area contributed by atoms with Gasteiger partial charge in [-0.05, 0) is 139 Å². The van der Waals surface area contributed by atoms with Crippen LogP contribution in [-0.2, 0) is 25.7 Å². The van der Waals surface area contributed by atoms with E-state index < -0.39 is 0 Å². The number of hydrogen-bond acceptors (Lipinski definition) is 0. The third-order valence-electron chi connectivity index (χ3n) is 12.9. The highest BCUT2D eigenvalue weighted by Gasteiger charge is 2.21. The van der Waals surface area contributed by atoms with Crippen molar-refractivity contribution in [1.29, 1.82) is 0 Å². The number of unbranched alkanes of at least 4 members (excludes halogenated alkanes) is 12. The van der Waals surface area contributed by atoms with Gasteiger partial charge in [-0.1, -0.05) is 202 Å². The van der Waals surface area contributed by atoms with Gasteiger partial charge in [0.05, 0.1) is 0 Å². The van der Waals surface area contributed by atoms with E-state index in [9.17, 15) is 0 Å². The van der Waals surface area contributed by atoms with E-state index in [0.717, 1.165) is 25.7 Å². The number of benzene rings is 7. The lowest BCUT2D eigenvalue weighted by Gasteiger charge is -2.22. The van der Waals surface area contributed by atoms with Crippen molar-refractivity contribution in [1.82, 2.24) is 0 Å². The van der Waals surface area contributed by atoms with Crippen LogP contribution in [0.25, 0.3) is 65.3 Å². The number of aryl methyl sites for hydroxylation is 4.